The van der Waals surface area contributed by atoms with Crippen molar-refractivity contribution in [1.29, 1.82) is 0 Å². The normalized spacial score (nSPS) is 29.2. The minimum atomic E-state index is 0.569. The van der Waals surface area contributed by atoms with Crippen LogP contribution in [0.2, 0.25) is 0 Å². The lowest BCUT2D eigenvalue weighted by atomic mass is 9.90. The van der Waals surface area contributed by atoms with Crippen LogP contribution >= 0.6 is 0 Å². The second-order valence-corrected chi connectivity index (χ2v) is 4.43. The van der Waals surface area contributed by atoms with Gasteiger partial charge in [0, 0.05) is 0 Å². The standard InChI is InChI=1S/C9H19NO/c1-9(2)5-3-8(7-9)4-6-11-10/h8H,3-7,10H2,1-2H3. The highest BCUT2D eigenvalue weighted by molar-refractivity contribution is 4.81. The van der Waals surface area contributed by atoms with E-state index in [4.69, 9.17) is 5.90 Å². The lowest BCUT2D eigenvalue weighted by Gasteiger charge is -2.16. The smallest absolute Gasteiger partial charge is 0.0681 e. The van der Waals surface area contributed by atoms with Crippen LogP contribution in [0.25, 0.3) is 0 Å². The number of hydrogen-bond acceptors (Lipinski definition) is 2. The summed E-state index contributed by atoms with van der Waals surface area (Å²) in [7, 11) is 0. The molecule has 0 bridgehead atoms. The van der Waals surface area contributed by atoms with Crippen molar-refractivity contribution < 1.29 is 4.84 Å². The Hall–Kier alpha value is -0.0800. The van der Waals surface area contributed by atoms with Crippen LogP contribution < -0.4 is 5.90 Å². The molecule has 1 fully saturated rings. The molecule has 1 rings (SSSR count). The zero-order chi connectivity index (χ0) is 8.32. The molecule has 2 heteroatoms. The molecule has 11 heavy (non-hydrogen) atoms. The predicted molar refractivity (Wildman–Crippen MR) is 45.9 cm³/mol. The Bertz CT molecular complexity index is 123. The van der Waals surface area contributed by atoms with Gasteiger partial charge in [-0.05, 0) is 37.0 Å². The first-order valence-electron chi connectivity index (χ1n) is 4.46. The Kier molecular flexibility index (Phi) is 2.90. The van der Waals surface area contributed by atoms with Crippen molar-refractivity contribution in [2.45, 2.75) is 39.5 Å². The second kappa shape index (κ2) is 3.55. The summed E-state index contributed by atoms with van der Waals surface area (Å²) in [5, 5.41) is 0. The molecule has 0 amide bonds. The van der Waals surface area contributed by atoms with Gasteiger partial charge < -0.3 is 4.84 Å². The first kappa shape index (κ1) is 9.01. The van der Waals surface area contributed by atoms with Gasteiger partial charge in [-0.25, -0.2) is 5.90 Å². The van der Waals surface area contributed by atoms with E-state index in [9.17, 15) is 0 Å². The van der Waals surface area contributed by atoms with E-state index in [0.717, 1.165) is 18.9 Å². The molecule has 0 spiro atoms. The SMILES string of the molecule is CC1(C)CCC(CCON)C1. The fourth-order valence-corrected chi connectivity index (χ4v) is 2.06. The van der Waals surface area contributed by atoms with Crippen LogP contribution in [0.5, 0.6) is 0 Å². The quantitative estimate of drug-likeness (QED) is 0.637. The average molecular weight is 157 g/mol. The van der Waals surface area contributed by atoms with Gasteiger partial charge in [0.2, 0.25) is 0 Å². The van der Waals surface area contributed by atoms with Crippen molar-refractivity contribution in [3.63, 3.8) is 0 Å². The Morgan fingerprint density at radius 3 is 2.73 bits per heavy atom. The first-order chi connectivity index (χ1) is 5.14. The van der Waals surface area contributed by atoms with Crippen molar-refractivity contribution in [2.75, 3.05) is 6.61 Å². The molecule has 66 valence electrons. The van der Waals surface area contributed by atoms with Crippen LogP contribution in [0.1, 0.15) is 39.5 Å². The molecule has 0 radical (unpaired) electrons. The Labute approximate surface area is 69.1 Å². The first-order valence-corrected chi connectivity index (χ1v) is 4.46. The maximum Gasteiger partial charge on any atom is 0.0681 e. The molecule has 0 saturated heterocycles. The van der Waals surface area contributed by atoms with E-state index >= 15 is 0 Å². The summed E-state index contributed by atoms with van der Waals surface area (Å²) in [6.07, 6.45) is 5.20. The van der Waals surface area contributed by atoms with Crippen LogP contribution in [0.4, 0.5) is 0 Å². The van der Waals surface area contributed by atoms with Crippen molar-refractivity contribution in [2.24, 2.45) is 17.2 Å². The summed E-state index contributed by atoms with van der Waals surface area (Å²) in [6.45, 7) is 5.41. The molecule has 2 nitrogen and oxygen atoms in total. The van der Waals surface area contributed by atoms with Gasteiger partial charge in [-0.2, -0.15) is 0 Å². The van der Waals surface area contributed by atoms with Crippen LogP contribution in [0, 0.1) is 11.3 Å². The van der Waals surface area contributed by atoms with Gasteiger partial charge in [0.15, 0.2) is 0 Å². The summed E-state index contributed by atoms with van der Waals surface area (Å²) < 4.78 is 0. The van der Waals surface area contributed by atoms with Gasteiger partial charge >= 0.3 is 0 Å². The van der Waals surface area contributed by atoms with E-state index in [-0.39, 0.29) is 0 Å². The van der Waals surface area contributed by atoms with Gasteiger partial charge in [-0.3, -0.25) is 0 Å². The van der Waals surface area contributed by atoms with Crippen LogP contribution in [0.15, 0.2) is 0 Å². The summed E-state index contributed by atoms with van der Waals surface area (Å²) in [6, 6.07) is 0. The fraction of sp³-hybridized carbons (Fsp3) is 1.00. The van der Waals surface area contributed by atoms with E-state index in [2.05, 4.69) is 18.7 Å². The zero-order valence-corrected chi connectivity index (χ0v) is 7.60. The molecule has 2 N–H and O–H groups in total. The lowest BCUT2D eigenvalue weighted by Crippen LogP contribution is -2.08. The molecule has 1 atom stereocenters. The largest absolute Gasteiger partial charge is 0.305 e. The Morgan fingerprint density at radius 2 is 2.27 bits per heavy atom. The van der Waals surface area contributed by atoms with E-state index in [1.807, 2.05) is 0 Å². The third kappa shape index (κ3) is 2.80. The highest BCUT2D eigenvalue weighted by Crippen LogP contribution is 2.42. The van der Waals surface area contributed by atoms with Crippen LogP contribution in [0.3, 0.4) is 0 Å². The van der Waals surface area contributed by atoms with Crippen molar-refractivity contribution in [3.8, 4) is 0 Å². The third-order valence-corrected chi connectivity index (χ3v) is 2.71. The highest BCUT2D eigenvalue weighted by atomic mass is 16.6. The van der Waals surface area contributed by atoms with Crippen molar-refractivity contribution >= 4 is 0 Å². The molecule has 0 heterocycles. The van der Waals surface area contributed by atoms with Crippen LogP contribution in [-0.2, 0) is 4.84 Å². The molecule has 1 saturated carbocycles. The zero-order valence-electron chi connectivity index (χ0n) is 7.60. The molecule has 1 aliphatic rings. The molecule has 0 aromatic rings. The molecule has 1 aliphatic carbocycles. The average Bonchev–Trinajstić information content (AvgIpc) is 2.26. The summed E-state index contributed by atoms with van der Waals surface area (Å²) >= 11 is 0. The van der Waals surface area contributed by atoms with Gasteiger partial charge in [0.25, 0.3) is 0 Å². The fourth-order valence-electron chi connectivity index (χ4n) is 2.06. The van der Waals surface area contributed by atoms with E-state index in [1.54, 1.807) is 0 Å². The van der Waals surface area contributed by atoms with Gasteiger partial charge in [0.1, 0.15) is 0 Å². The number of nitrogens with two attached hydrogens (primary N) is 1. The van der Waals surface area contributed by atoms with E-state index in [0.29, 0.717) is 5.41 Å². The molecular weight excluding hydrogens is 138 g/mol. The lowest BCUT2D eigenvalue weighted by molar-refractivity contribution is 0.122. The number of hydrogen-bond donors (Lipinski definition) is 1. The molecule has 1 unspecified atom stereocenters. The monoisotopic (exact) mass is 157 g/mol. The van der Waals surface area contributed by atoms with E-state index < -0.39 is 0 Å². The minimum absolute atomic E-state index is 0.569. The van der Waals surface area contributed by atoms with Gasteiger partial charge in [0.05, 0.1) is 6.61 Å². The third-order valence-electron chi connectivity index (χ3n) is 2.71. The highest BCUT2D eigenvalue weighted by Gasteiger charge is 2.30. The van der Waals surface area contributed by atoms with E-state index in [1.165, 1.54) is 19.3 Å². The minimum Gasteiger partial charge on any atom is -0.305 e. The summed E-state index contributed by atoms with van der Waals surface area (Å²) in [4.78, 5) is 4.57. The molecular formula is C9H19NO. The summed E-state index contributed by atoms with van der Waals surface area (Å²) in [5.41, 5.74) is 0.569. The molecule has 0 aromatic heterocycles. The van der Waals surface area contributed by atoms with Crippen LogP contribution in [-0.4, -0.2) is 6.61 Å². The molecule has 0 aromatic carbocycles. The maximum atomic E-state index is 4.97. The maximum absolute atomic E-state index is 4.97. The second-order valence-electron chi connectivity index (χ2n) is 4.43. The van der Waals surface area contributed by atoms with Crippen molar-refractivity contribution in [3.05, 3.63) is 0 Å². The summed E-state index contributed by atoms with van der Waals surface area (Å²) in [5.74, 6) is 5.83. The predicted octanol–water partition coefficient (Wildman–Crippen LogP) is 2.09. The topological polar surface area (TPSA) is 35.2 Å². The van der Waals surface area contributed by atoms with Crippen molar-refractivity contribution in [1.82, 2.24) is 0 Å². The van der Waals surface area contributed by atoms with Gasteiger partial charge in [-0.1, -0.05) is 13.8 Å². The molecule has 0 aliphatic heterocycles. The van der Waals surface area contributed by atoms with Gasteiger partial charge in [-0.15, -0.1) is 0 Å². The number of rotatable bonds is 3. The Balaban J connectivity index is 2.20. The Morgan fingerprint density at radius 1 is 1.55 bits per heavy atom.